The molecule has 4 heteroatoms. The number of benzene rings is 1. The lowest BCUT2D eigenvalue weighted by molar-refractivity contribution is -0.144. The Hall–Kier alpha value is -1.00. The molecule has 0 fully saturated rings. The molecule has 1 rings (SSSR count). The lowest BCUT2D eigenvalue weighted by atomic mass is 10.2. The van der Waals surface area contributed by atoms with Crippen molar-refractivity contribution in [1.82, 2.24) is 0 Å². The fourth-order valence-electron chi connectivity index (χ4n) is 1.51. The predicted molar refractivity (Wildman–Crippen MR) is 79.0 cm³/mol. The highest BCUT2D eigenvalue weighted by Gasteiger charge is 2.12. The van der Waals surface area contributed by atoms with E-state index in [9.17, 15) is 4.79 Å². The summed E-state index contributed by atoms with van der Waals surface area (Å²) in [6, 6.07) is 9.98. The number of unbranched alkanes of at least 4 members (excludes halogenated alkanes) is 1. The van der Waals surface area contributed by atoms with Crippen molar-refractivity contribution in [2.45, 2.75) is 38.7 Å². The molecule has 0 bridgehead atoms. The maximum Gasteiger partial charge on any atom is 0.303 e. The van der Waals surface area contributed by atoms with Gasteiger partial charge in [0.15, 0.2) is 5.44 Å². The molecule has 19 heavy (non-hydrogen) atoms. The third kappa shape index (κ3) is 7.90. The van der Waals surface area contributed by atoms with E-state index in [2.05, 4.69) is 6.92 Å². The third-order valence-corrected chi connectivity index (χ3v) is 3.59. The van der Waals surface area contributed by atoms with Gasteiger partial charge in [-0.1, -0.05) is 43.7 Å². The SMILES string of the molecule is CCCCS[C@@H](COCc1ccccc1)OC(C)=O. The first-order chi connectivity index (χ1) is 9.22. The summed E-state index contributed by atoms with van der Waals surface area (Å²) >= 11 is 1.64. The second-order valence-corrected chi connectivity index (χ2v) is 5.53. The van der Waals surface area contributed by atoms with Crippen molar-refractivity contribution in [3.05, 3.63) is 35.9 Å². The minimum absolute atomic E-state index is 0.201. The van der Waals surface area contributed by atoms with Gasteiger partial charge in [0, 0.05) is 6.92 Å². The molecule has 0 aliphatic carbocycles. The molecule has 0 saturated heterocycles. The molecular formula is C15H22O3S. The average Bonchev–Trinajstić information content (AvgIpc) is 2.39. The summed E-state index contributed by atoms with van der Waals surface area (Å²) in [7, 11) is 0. The van der Waals surface area contributed by atoms with Gasteiger partial charge in [-0.05, 0) is 17.7 Å². The zero-order valence-electron chi connectivity index (χ0n) is 11.6. The van der Waals surface area contributed by atoms with Crippen LogP contribution in [0.3, 0.4) is 0 Å². The number of esters is 1. The van der Waals surface area contributed by atoms with Gasteiger partial charge in [-0.15, -0.1) is 11.8 Å². The van der Waals surface area contributed by atoms with Gasteiger partial charge in [-0.25, -0.2) is 0 Å². The topological polar surface area (TPSA) is 35.5 Å². The molecule has 0 aliphatic heterocycles. The smallest absolute Gasteiger partial charge is 0.303 e. The molecular weight excluding hydrogens is 260 g/mol. The average molecular weight is 282 g/mol. The quantitative estimate of drug-likeness (QED) is 0.394. The number of hydrogen-bond acceptors (Lipinski definition) is 4. The van der Waals surface area contributed by atoms with Gasteiger partial charge in [0.25, 0.3) is 0 Å². The van der Waals surface area contributed by atoms with Gasteiger partial charge in [-0.2, -0.15) is 0 Å². The van der Waals surface area contributed by atoms with Crippen molar-refractivity contribution in [2.24, 2.45) is 0 Å². The van der Waals surface area contributed by atoms with Gasteiger partial charge in [0.1, 0.15) is 0 Å². The van der Waals surface area contributed by atoms with Crippen molar-refractivity contribution in [3.8, 4) is 0 Å². The van der Waals surface area contributed by atoms with Crippen LogP contribution in [0.15, 0.2) is 30.3 Å². The Bertz CT molecular complexity index is 354. The number of thioether (sulfide) groups is 1. The molecule has 0 heterocycles. The summed E-state index contributed by atoms with van der Waals surface area (Å²) < 4.78 is 10.8. The van der Waals surface area contributed by atoms with Crippen molar-refractivity contribution >= 4 is 17.7 Å². The first-order valence-electron chi connectivity index (χ1n) is 6.63. The van der Waals surface area contributed by atoms with E-state index in [0.717, 1.165) is 24.2 Å². The largest absolute Gasteiger partial charge is 0.449 e. The van der Waals surface area contributed by atoms with Crippen molar-refractivity contribution in [3.63, 3.8) is 0 Å². The Labute approximate surface area is 119 Å². The van der Waals surface area contributed by atoms with Crippen molar-refractivity contribution in [1.29, 1.82) is 0 Å². The van der Waals surface area contributed by atoms with Crippen molar-refractivity contribution in [2.75, 3.05) is 12.4 Å². The van der Waals surface area contributed by atoms with Crippen LogP contribution < -0.4 is 0 Å². The fourth-order valence-corrected chi connectivity index (χ4v) is 2.62. The molecule has 106 valence electrons. The van der Waals surface area contributed by atoms with Crippen LogP contribution in [0.5, 0.6) is 0 Å². The van der Waals surface area contributed by atoms with E-state index in [1.807, 2.05) is 30.3 Å². The van der Waals surface area contributed by atoms with Crippen LogP contribution in [0.25, 0.3) is 0 Å². The van der Waals surface area contributed by atoms with Crippen LogP contribution in [0.2, 0.25) is 0 Å². The number of carbonyl (C=O) groups excluding carboxylic acids is 1. The van der Waals surface area contributed by atoms with Crippen LogP contribution in [-0.2, 0) is 20.9 Å². The highest BCUT2D eigenvalue weighted by Crippen LogP contribution is 2.16. The molecule has 0 spiro atoms. The zero-order valence-corrected chi connectivity index (χ0v) is 12.4. The highest BCUT2D eigenvalue weighted by atomic mass is 32.2. The standard InChI is InChI=1S/C15H22O3S/c1-3-4-10-19-15(18-13(2)16)12-17-11-14-8-6-5-7-9-14/h5-9,15H,3-4,10-12H2,1-2H3/t15-/m0/s1. The van der Waals surface area contributed by atoms with Gasteiger partial charge in [0.2, 0.25) is 0 Å². The first-order valence-corrected chi connectivity index (χ1v) is 7.67. The molecule has 1 atom stereocenters. The molecule has 3 nitrogen and oxygen atoms in total. The van der Waals surface area contributed by atoms with Crippen LogP contribution in [0.4, 0.5) is 0 Å². The van der Waals surface area contributed by atoms with Crippen LogP contribution in [-0.4, -0.2) is 23.8 Å². The highest BCUT2D eigenvalue weighted by molar-refractivity contribution is 7.99. The molecule has 0 unspecified atom stereocenters. The molecule has 0 saturated carbocycles. The molecule has 0 aromatic heterocycles. The summed E-state index contributed by atoms with van der Waals surface area (Å²) in [5, 5.41) is 0. The molecule has 0 amide bonds. The van der Waals surface area contributed by atoms with Crippen LogP contribution >= 0.6 is 11.8 Å². The number of ether oxygens (including phenoxy) is 2. The summed E-state index contributed by atoms with van der Waals surface area (Å²) in [4.78, 5) is 11.0. The Morgan fingerprint density at radius 3 is 2.68 bits per heavy atom. The van der Waals surface area contributed by atoms with Gasteiger partial charge in [-0.3, -0.25) is 4.79 Å². The minimum Gasteiger partial charge on any atom is -0.449 e. The molecule has 0 aliphatic rings. The van der Waals surface area contributed by atoms with E-state index < -0.39 is 0 Å². The van der Waals surface area contributed by atoms with E-state index in [4.69, 9.17) is 9.47 Å². The van der Waals surface area contributed by atoms with E-state index in [-0.39, 0.29) is 11.4 Å². The van der Waals surface area contributed by atoms with Gasteiger partial charge < -0.3 is 9.47 Å². The van der Waals surface area contributed by atoms with Gasteiger partial charge >= 0.3 is 5.97 Å². The maximum atomic E-state index is 11.0. The Balaban J connectivity index is 2.29. The van der Waals surface area contributed by atoms with E-state index in [0.29, 0.717) is 13.2 Å². The summed E-state index contributed by atoms with van der Waals surface area (Å²) in [5.74, 6) is 0.737. The van der Waals surface area contributed by atoms with E-state index in [1.54, 1.807) is 11.8 Å². The lowest BCUT2D eigenvalue weighted by Crippen LogP contribution is -2.19. The van der Waals surface area contributed by atoms with E-state index in [1.165, 1.54) is 6.92 Å². The lowest BCUT2D eigenvalue weighted by Gasteiger charge is -2.16. The van der Waals surface area contributed by atoms with Crippen LogP contribution in [0.1, 0.15) is 32.3 Å². The normalized spacial score (nSPS) is 12.1. The summed E-state index contributed by atoms with van der Waals surface area (Å²) in [6.45, 7) is 4.56. The molecule has 1 aromatic carbocycles. The Kier molecular flexibility index (Phi) is 8.34. The number of hydrogen-bond donors (Lipinski definition) is 0. The molecule has 1 aromatic rings. The fraction of sp³-hybridized carbons (Fsp3) is 0.533. The summed E-state index contributed by atoms with van der Waals surface area (Å²) in [5.41, 5.74) is 0.926. The van der Waals surface area contributed by atoms with E-state index >= 15 is 0 Å². The zero-order chi connectivity index (χ0) is 13.9. The monoisotopic (exact) mass is 282 g/mol. The minimum atomic E-state index is -0.252. The Morgan fingerprint density at radius 2 is 2.05 bits per heavy atom. The number of rotatable bonds is 9. The second kappa shape index (κ2) is 9.87. The summed E-state index contributed by atoms with van der Waals surface area (Å²) in [6.07, 6.45) is 2.27. The molecule has 0 N–H and O–H groups in total. The third-order valence-electron chi connectivity index (χ3n) is 2.46. The number of carbonyl (C=O) groups is 1. The second-order valence-electron chi connectivity index (χ2n) is 4.26. The van der Waals surface area contributed by atoms with Crippen molar-refractivity contribution < 1.29 is 14.3 Å². The predicted octanol–water partition coefficient (Wildman–Crippen LogP) is 3.63. The Morgan fingerprint density at radius 1 is 1.32 bits per heavy atom. The first kappa shape index (κ1) is 16.1. The van der Waals surface area contributed by atoms with Gasteiger partial charge in [0.05, 0.1) is 13.2 Å². The molecule has 0 radical (unpaired) electrons. The van der Waals surface area contributed by atoms with Crippen LogP contribution in [0, 0.1) is 0 Å². The maximum absolute atomic E-state index is 11.0.